The van der Waals surface area contributed by atoms with Gasteiger partial charge in [0.05, 0.1) is 0 Å². The zero-order chi connectivity index (χ0) is 20.2. The van der Waals surface area contributed by atoms with Crippen LogP contribution in [0.2, 0.25) is 0 Å². The van der Waals surface area contributed by atoms with Gasteiger partial charge in [0.2, 0.25) is 0 Å². The second-order valence-corrected chi connectivity index (χ2v) is 7.02. The fourth-order valence-corrected chi connectivity index (χ4v) is 3.58. The van der Waals surface area contributed by atoms with Crippen molar-refractivity contribution in [3.63, 3.8) is 0 Å². The molecule has 0 saturated carbocycles. The number of benzene rings is 2. The molecule has 0 bridgehead atoms. The van der Waals surface area contributed by atoms with Crippen molar-refractivity contribution in [2.75, 3.05) is 0 Å². The monoisotopic (exact) mass is 390 g/mol. The SMILES string of the molecule is CCCCC1(c2ccc(OC(F)(F)F)c(F)c2)C=CC(c2ccccc2)=CC1. The molecule has 3 rings (SSSR count). The fraction of sp³-hybridized carbons (Fsp3) is 0.304. The Balaban J connectivity index is 1.90. The summed E-state index contributed by atoms with van der Waals surface area (Å²) >= 11 is 0. The number of rotatable bonds is 6. The van der Waals surface area contributed by atoms with Gasteiger partial charge >= 0.3 is 6.36 Å². The molecule has 28 heavy (non-hydrogen) atoms. The van der Waals surface area contributed by atoms with Gasteiger partial charge in [0.25, 0.3) is 0 Å². The summed E-state index contributed by atoms with van der Waals surface area (Å²) in [5, 5.41) is 0. The number of alkyl halides is 3. The van der Waals surface area contributed by atoms with Crippen LogP contribution in [0.25, 0.3) is 5.57 Å². The van der Waals surface area contributed by atoms with Crippen molar-refractivity contribution >= 4 is 5.57 Å². The van der Waals surface area contributed by atoms with Crippen LogP contribution in [0.15, 0.2) is 66.8 Å². The topological polar surface area (TPSA) is 9.23 Å². The molecule has 1 nitrogen and oxygen atoms in total. The molecule has 0 aromatic heterocycles. The smallest absolute Gasteiger partial charge is 0.403 e. The molecule has 0 N–H and O–H groups in total. The second kappa shape index (κ2) is 8.21. The van der Waals surface area contributed by atoms with Crippen molar-refractivity contribution < 1.29 is 22.3 Å². The van der Waals surface area contributed by atoms with Crippen molar-refractivity contribution in [3.05, 3.63) is 83.7 Å². The van der Waals surface area contributed by atoms with Crippen molar-refractivity contribution in [1.82, 2.24) is 0 Å². The van der Waals surface area contributed by atoms with Crippen LogP contribution in [0.5, 0.6) is 5.75 Å². The highest BCUT2D eigenvalue weighted by molar-refractivity contribution is 5.75. The maximum atomic E-state index is 14.3. The molecule has 0 saturated heterocycles. The number of allylic oxidation sites excluding steroid dienone is 4. The average Bonchev–Trinajstić information content (AvgIpc) is 2.68. The Morgan fingerprint density at radius 2 is 1.82 bits per heavy atom. The summed E-state index contributed by atoms with van der Waals surface area (Å²) in [7, 11) is 0. The summed E-state index contributed by atoms with van der Waals surface area (Å²) in [6, 6.07) is 13.7. The second-order valence-electron chi connectivity index (χ2n) is 7.02. The summed E-state index contributed by atoms with van der Waals surface area (Å²) in [6.07, 6.45) is 4.63. The van der Waals surface area contributed by atoms with E-state index < -0.39 is 23.3 Å². The first-order chi connectivity index (χ1) is 13.3. The first-order valence-corrected chi connectivity index (χ1v) is 9.33. The Hall–Kier alpha value is -2.56. The number of hydrogen-bond donors (Lipinski definition) is 0. The Bertz CT molecular complexity index is 868. The van der Waals surface area contributed by atoms with E-state index in [0.29, 0.717) is 12.0 Å². The highest BCUT2D eigenvalue weighted by Crippen LogP contribution is 2.41. The van der Waals surface area contributed by atoms with Crippen LogP contribution in [0.3, 0.4) is 0 Å². The van der Waals surface area contributed by atoms with E-state index in [1.165, 1.54) is 12.1 Å². The molecule has 0 aliphatic heterocycles. The van der Waals surface area contributed by atoms with Crippen molar-refractivity contribution in [3.8, 4) is 5.75 Å². The molecule has 1 aliphatic carbocycles. The molecule has 148 valence electrons. The average molecular weight is 390 g/mol. The molecule has 1 unspecified atom stereocenters. The minimum absolute atomic E-state index is 0.439. The van der Waals surface area contributed by atoms with Gasteiger partial charge in [0.1, 0.15) is 0 Å². The molecular weight excluding hydrogens is 368 g/mol. The summed E-state index contributed by atoms with van der Waals surface area (Å²) in [5.41, 5.74) is 2.41. The predicted molar refractivity (Wildman–Crippen MR) is 102 cm³/mol. The Labute approximate surface area is 162 Å². The van der Waals surface area contributed by atoms with E-state index in [1.807, 2.05) is 36.4 Å². The van der Waals surface area contributed by atoms with Gasteiger partial charge in [-0.15, -0.1) is 13.2 Å². The standard InChI is InChI=1S/C23H22F4O/c1-2-3-13-22(14-11-18(12-15-22)17-7-5-4-6-8-17)19-9-10-21(20(24)16-19)28-23(25,26)27/h4-12,14,16H,2-3,13,15H2,1H3. The molecule has 0 fully saturated rings. The predicted octanol–water partition coefficient (Wildman–Crippen LogP) is 7.20. The minimum atomic E-state index is -4.92. The number of ether oxygens (including phenoxy) is 1. The summed E-state index contributed by atoms with van der Waals surface area (Å²) in [4.78, 5) is 0. The van der Waals surface area contributed by atoms with E-state index in [0.717, 1.165) is 36.5 Å². The van der Waals surface area contributed by atoms with E-state index in [1.54, 1.807) is 0 Å². The summed E-state index contributed by atoms with van der Waals surface area (Å²) < 4.78 is 55.3. The largest absolute Gasteiger partial charge is 0.573 e. The summed E-state index contributed by atoms with van der Waals surface area (Å²) in [5.74, 6) is -1.81. The normalized spacial score (nSPS) is 19.4. The molecule has 2 aromatic carbocycles. The first kappa shape index (κ1) is 20.2. The zero-order valence-electron chi connectivity index (χ0n) is 15.6. The number of hydrogen-bond acceptors (Lipinski definition) is 1. The van der Waals surface area contributed by atoms with Crippen LogP contribution in [-0.4, -0.2) is 6.36 Å². The lowest BCUT2D eigenvalue weighted by atomic mass is 9.70. The van der Waals surface area contributed by atoms with Gasteiger partial charge < -0.3 is 4.74 Å². The van der Waals surface area contributed by atoms with Crippen molar-refractivity contribution in [2.45, 2.75) is 44.4 Å². The lowest BCUT2D eigenvalue weighted by Gasteiger charge is -2.33. The van der Waals surface area contributed by atoms with Gasteiger partial charge in [0.15, 0.2) is 11.6 Å². The fourth-order valence-electron chi connectivity index (χ4n) is 3.58. The van der Waals surface area contributed by atoms with Crippen LogP contribution < -0.4 is 4.74 Å². The third kappa shape index (κ3) is 4.64. The van der Waals surface area contributed by atoms with Gasteiger partial charge in [-0.3, -0.25) is 0 Å². The van der Waals surface area contributed by atoms with E-state index in [2.05, 4.69) is 23.8 Å². The van der Waals surface area contributed by atoms with E-state index in [9.17, 15) is 17.6 Å². The van der Waals surface area contributed by atoms with Crippen LogP contribution >= 0.6 is 0 Å². The van der Waals surface area contributed by atoms with Gasteiger partial charge in [0, 0.05) is 5.41 Å². The van der Waals surface area contributed by atoms with E-state index in [-0.39, 0.29) is 0 Å². The molecule has 1 atom stereocenters. The lowest BCUT2D eigenvalue weighted by molar-refractivity contribution is -0.275. The Morgan fingerprint density at radius 3 is 2.39 bits per heavy atom. The highest BCUT2D eigenvalue weighted by atomic mass is 19.4. The third-order valence-corrected chi connectivity index (χ3v) is 5.08. The first-order valence-electron chi connectivity index (χ1n) is 9.33. The lowest BCUT2D eigenvalue weighted by Crippen LogP contribution is -2.25. The van der Waals surface area contributed by atoms with E-state index >= 15 is 0 Å². The van der Waals surface area contributed by atoms with Gasteiger partial charge in [-0.25, -0.2) is 4.39 Å². The van der Waals surface area contributed by atoms with Gasteiger partial charge in [-0.05, 0) is 41.7 Å². The summed E-state index contributed by atoms with van der Waals surface area (Å²) in [6.45, 7) is 2.08. The molecular formula is C23H22F4O. The zero-order valence-corrected chi connectivity index (χ0v) is 15.6. The molecule has 2 aromatic rings. The quantitative estimate of drug-likeness (QED) is 0.474. The number of unbranched alkanes of at least 4 members (excludes halogenated alkanes) is 1. The number of halogens is 4. The maximum Gasteiger partial charge on any atom is 0.573 e. The Morgan fingerprint density at radius 1 is 1.07 bits per heavy atom. The molecule has 5 heteroatoms. The molecule has 0 amide bonds. The Kier molecular flexibility index (Phi) is 5.92. The molecule has 1 aliphatic rings. The van der Waals surface area contributed by atoms with Gasteiger partial charge in [-0.1, -0.05) is 74.4 Å². The van der Waals surface area contributed by atoms with Crippen LogP contribution in [0.1, 0.15) is 43.7 Å². The van der Waals surface area contributed by atoms with Crippen LogP contribution in [-0.2, 0) is 5.41 Å². The van der Waals surface area contributed by atoms with E-state index in [4.69, 9.17) is 0 Å². The molecule has 0 heterocycles. The maximum absolute atomic E-state index is 14.3. The van der Waals surface area contributed by atoms with Gasteiger partial charge in [-0.2, -0.15) is 0 Å². The van der Waals surface area contributed by atoms with Crippen LogP contribution in [0.4, 0.5) is 17.6 Å². The molecule has 0 radical (unpaired) electrons. The van der Waals surface area contributed by atoms with Crippen LogP contribution in [0, 0.1) is 5.82 Å². The minimum Gasteiger partial charge on any atom is -0.403 e. The molecule has 0 spiro atoms. The third-order valence-electron chi connectivity index (χ3n) is 5.08. The van der Waals surface area contributed by atoms with Crippen molar-refractivity contribution in [1.29, 1.82) is 0 Å². The van der Waals surface area contributed by atoms with Crippen molar-refractivity contribution in [2.24, 2.45) is 0 Å². The highest BCUT2D eigenvalue weighted by Gasteiger charge is 2.34.